The van der Waals surface area contributed by atoms with E-state index in [1.165, 1.54) is 6.26 Å². The summed E-state index contributed by atoms with van der Waals surface area (Å²) in [6, 6.07) is 0.166. The fourth-order valence-corrected chi connectivity index (χ4v) is 3.27. The molecule has 0 aromatic carbocycles. The minimum Gasteiger partial charge on any atom is -0.315 e. The van der Waals surface area contributed by atoms with Crippen LogP contribution in [0, 0.1) is 5.92 Å². The molecule has 1 fully saturated rings. The summed E-state index contributed by atoms with van der Waals surface area (Å²) in [4.78, 5) is 0. The van der Waals surface area contributed by atoms with Crippen molar-refractivity contribution in [2.24, 2.45) is 5.92 Å². The first kappa shape index (κ1) is 13.9. The van der Waals surface area contributed by atoms with Crippen molar-refractivity contribution in [3.63, 3.8) is 0 Å². The Balaban J connectivity index is 2.36. The van der Waals surface area contributed by atoms with Crippen molar-refractivity contribution in [1.29, 1.82) is 0 Å². The molecule has 4 nitrogen and oxygen atoms in total. The third-order valence-corrected chi connectivity index (χ3v) is 4.65. The van der Waals surface area contributed by atoms with Crippen LogP contribution < -0.4 is 5.32 Å². The van der Waals surface area contributed by atoms with E-state index in [2.05, 4.69) is 19.2 Å². The van der Waals surface area contributed by atoms with E-state index in [9.17, 15) is 8.42 Å². The van der Waals surface area contributed by atoms with E-state index < -0.39 is 10.0 Å². The molecule has 1 unspecified atom stereocenters. The van der Waals surface area contributed by atoms with Gasteiger partial charge in [-0.3, -0.25) is 0 Å². The zero-order chi connectivity index (χ0) is 12.2. The van der Waals surface area contributed by atoms with Crippen LogP contribution in [0.25, 0.3) is 0 Å². The van der Waals surface area contributed by atoms with Gasteiger partial charge in [0.25, 0.3) is 0 Å². The zero-order valence-corrected chi connectivity index (χ0v) is 11.4. The van der Waals surface area contributed by atoms with Crippen molar-refractivity contribution in [3.8, 4) is 0 Å². The molecule has 1 rings (SSSR count). The average molecular weight is 248 g/mol. The molecule has 0 amide bonds. The van der Waals surface area contributed by atoms with Crippen molar-refractivity contribution in [2.45, 2.75) is 39.2 Å². The Morgan fingerprint density at radius 3 is 2.75 bits per heavy atom. The molecule has 1 aliphatic heterocycles. The van der Waals surface area contributed by atoms with E-state index in [4.69, 9.17) is 0 Å². The molecule has 0 spiro atoms. The fraction of sp³-hybridized carbons (Fsp3) is 1.00. The maximum absolute atomic E-state index is 11.5. The van der Waals surface area contributed by atoms with Crippen LogP contribution in [0.5, 0.6) is 0 Å². The third-order valence-electron chi connectivity index (χ3n) is 3.32. The Hall–Kier alpha value is -0.130. The lowest BCUT2D eigenvalue weighted by atomic mass is 10.1. The molecule has 0 radical (unpaired) electrons. The Morgan fingerprint density at radius 2 is 2.19 bits per heavy atom. The van der Waals surface area contributed by atoms with Gasteiger partial charge in [0.15, 0.2) is 0 Å². The molecule has 0 bridgehead atoms. The van der Waals surface area contributed by atoms with Crippen LogP contribution in [0.15, 0.2) is 0 Å². The van der Waals surface area contributed by atoms with Gasteiger partial charge >= 0.3 is 0 Å². The van der Waals surface area contributed by atoms with E-state index in [-0.39, 0.29) is 6.04 Å². The first-order chi connectivity index (χ1) is 7.45. The first-order valence-corrected chi connectivity index (χ1v) is 7.97. The zero-order valence-electron chi connectivity index (χ0n) is 10.6. The molecule has 96 valence electrons. The summed E-state index contributed by atoms with van der Waals surface area (Å²) < 4.78 is 24.6. The summed E-state index contributed by atoms with van der Waals surface area (Å²) >= 11 is 0. The van der Waals surface area contributed by atoms with E-state index in [0.717, 1.165) is 32.4 Å². The highest BCUT2D eigenvalue weighted by Gasteiger charge is 2.30. The Labute approximate surface area is 99.5 Å². The van der Waals surface area contributed by atoms with E-state index in [0.29, 0.717) is 12.5 Å². The molecular weight excluding hydrogens is 224 g/mol. The van der Waals surface area contributed by atoms with Crippen LogP contribution in [0.4, 0.5) is 0 Å². The van der Waals surface area contributed by atoms with Crippen LogP contribution in [0.1, 0.15) is 33.1 Å². The second-order valence-corrected chi connectivity index (χ2v) is 6.78. The van der Waals surface area contributed by atoms with Gasteiger partial charge in [-0.25, -0.2) is 8.42 Å². The van der Waals surface area contributed by atoms with Crippen molar-refractivity contribution in [1.82, 2.24) is 9.62 Å². The topological polar surface area (TPSA) is 49.4 Å². The maximum Gasteiger partial charge on any atom is 0.211 e. The van der Waals surface area contributed by atoms with Crippen LogP contribution >= 0.6 is 0 Å². The standard InChI is InChI=1S/C11H24N2O2S/c1-4-10(2)8-12-9-11-6-5-7-13(11)16(3,14)15/h10-12H,4-9H2,1-3H3/t10?,11-/m1/s1. The second-order valence-electron chi connectivity index (χ2n) is 4.84. The number of sulfonamides is 1. The van der Waals surface area contributed by atoms with Crippen molar-refractivity contribution in [2.75, 3.05) is 25.9 Å². The molecule has 1 N–H and O–H groups in total. The summed E-state index contributed by atoms with van der Waals surface area (Å²) in [6.45, 7) is 6.83. The quantitative estimate of drug-likeness (QED) is 0.764. The molecule has 0 aromatic heterocycles. The number of hydrogen-bond donors (Lipinski definition) is 1. The van der Waals surface area contributed by atoms with Gasteiger partial charge in [0.05, 0.1) is 6.26 Å². The molecule has 1 heterocycles. The number of hydrogen-bond acceptors (Lipinski definition) is 3. The molecule has 0 saturated carbocycles. The normalized spacial score (nSPS) is 24.8. The lowest BCUT2D eigenvalue weighted by Gasteiger charge is -2.23. The van der Waals surface area contributed by atoms with Gasteiger partial charge in [0.1, 0.15) is 0 Å². The number of nitrogens with zero attached hydrogens (tertiary/aromatic N) is 1. The van der Waals surface area contributed by atoms with Crippen molar-refractivity contribution in [3.05, 3.63) is 0 Å². The summed E-state index contributed by atoms with van der Waals surface area (Å²) in [7, 11) is -3.01. The van der Waals surface area contributed by atoms with E-state index >= 15 is 0 Å². The summed E-state index contributed by atoms with van der Waals surface area (Å²) in [5.74, 6) is 0.660. The van der Waals surface area contributed by atoms with Gasteiger partial charge in [-0.05, 0) is 25.3 Å². The van der Waals surface area contributed by atoms with Crippen LogP contribution in [0.3, 0.4) is 0 Å². The lowest BCUT2D eigenvalue weighted by molar-refractivity contribution is 0.364. The fourth-order valence-electron chi connectivity index (χ4n) is 2.09. The summed E-state index contributed by atoms with van der Waals surface area (Å²) in [6.07, 6.45) is 4.44. The molecular formula is C11H24N2O2S. The highest BCUT2D eigenvalue weighted by Crippen LogP contribution is 2.19. The maximum atomic E-state index is 11.5. The van der Waals surface area contributed by atoms with Crippen LogP contribution in [-0.2, 0) is 10.0 Å². The van der Waals surface area contributed by atoms with Gasteiger partial charge in [0, 0.05) is 19.1 Å². The lowest BCUT2D eigenvalue weighted by Crippen LogP contribution is -2.41. The largest absolute Gasteiger partial charge is 0.315 e. The minimum atomic E-state index is -3.01. The highest BCUT2D eigenvalue weighted by molar-refractivity contribution is 7.88. The van der Waals surface area contributed by atoms with E-state index in [1.54, 1.807) is 4.31 Å². The molecule has 2 atom stereocenters. The minimum absolute atomic E-state index is 0.166. The molecule has 1 saturated heterocycles. The van der Waals surface area contributed by atoms with Gasteiger partial charge in [-0.15, -0.1) is 0 Å². The molecule has 16 heavy (non-hydrogen) atoms. The Kier molecular flexibility index (Phi) is 5.21. The van der Waals surface area contributed by atoms with Crippen LogP contribution in [0.2, 0.25) is 0 Å². The second kappa shape index (κ2) is 5.98. The Morgan fingerprint density at radius 1 is 1.50 bits per heavy atom. The molecule has 1 aliphatic rings. The number of rotatable bonds is 6. The summed E-state index contributed by atoms with van der Waals surface area (Å²) in [5.41, 5.74) is 0. The van der Waals surface area contributed by atoms with Crippen molar-refractivity contribution >= 4 is 10.0 Å². The van der Waals surface area contributed by atoms with Crippen molar-refractivity contribution < 1.29 is 8.42 Å². The molecule has 5 heteroatoms. The van der Waals surface area contributed by atoms with Gasteiger partial charge in [-0.1, -0.05) is 20.3 Å². The monoisotopic (exact) mass is 248 g/mol. The first-order valence-electron chi connectivity index (χ1n) is 6.12. The smallest absolute Gasteiger partial charge is 0.211 e. The molecule has 0 aromatic rings. The predicted molar refractivity (Wildman–Crippen MR) is 66.9 cm³/mol. The van der Waals surface area contributed by atoms with Crippen LogP contribution in [-0.4, -0.2) is 44.7 Å². The molecule has 0 aliphatic carbocycles. The van der Waals surface area contributed by atoms with E-state index in [1.807, 2.05) is 0 Å². The SMILES string of the molecule is CCC(C)CNC[C@H]1CCCN1S(C)(=O)=O. The van der Waals surface area contributed by atoms with Gasteiger partial charge < -0.3 is 5.32 Å². The van der Waals surface area contributed by atoms with Gasteiger partial charge in [-0.2, -0.15) is 4.31 Å². The average Bonchev–Trinajstić information content (AvgIpc) is 2.65. The Bertz CT molecular complexity index is 303. The third kappa shape index (κ3) is 4.03. The number of nitrogens with one attached hydrogen (secondary N) is 1. The summed E-state index contributed by atoms with van der Waals surface area (Å²) in [5, 5.41) is 3.37. The highest BCUT2D eigenvalue weighted by atomic mass is 32.2. The van der Waals surface area contributed by atoms with Gasteiger partial charge in [0.2, 0.25) is 10.0 Å². The predicted octanol–water partition coefficient (Wildman–Crippen LogP) is 1.05.